The zero-order chi connectivity index (χ0) is 17.7. The fraction of sp³-hybridized carbons (Fsp3) is 0.286. The van der Waals surface area contributed by atoms with Crippen LogP contribution in [0.4, 0.5) is 0 Å². The Morgan fingerprint density at radius 2 is 1.88 bits per heavy atom. The van der Waals surface area contributed by atoms with Crippen molar-refractivity contribution in [3.05, 3.63) is 80.8 Å². The van der Waals surface area contributed by atoms with Crippen LogP contribution in [-0.4, -0.2) is 5.91 Å². The van der Waals surface area contributed by atoms with E-state index >= 15 is 0 Å². The summed E-state index contributed by atoms with van der Waals surface area (Å²) in [5.41, 5.74) is 6.53. The second-order valence-electron chi connectivity index (χ2n) is 6.36. The Kier molecular flexibility index (Phi) is 6.38. The van der Waals surface area contributed by atoms with E-state index in [-0.39, 0.29) is 5.91 Å². The molecular formula is C21H24BrNO. The molecule has 0 aliphatic carbocycles. The maximum atomic E-state index is 12.6. The molecule has 0 unspecified atom stereocenters. The lowest BCUT2D eigenvalue weighted by molar-refractivity contribution is 0.0950. The van der Waals surface area contributed by atoms with Crippen LogP contribution in [0.5, 0.6) is 0 Å². The molecule has 2 nitrogen and oxygen atoms in total. The molecule has 3 heteroatoms. The van der Waals surface area contributed by atoms with Crippen LogP contribution in [0.1, 0.15) is 46.0 Å². The summed E-state index contributed by atoms with van der Waals surface area (Å²) in [4.78, 5) is 12.6. The van der Waals surface area contributed by atoms with Gasteiger partial charge in [-0.3, -0.25) is 4.79 Å². The van der Waals surface area contributed by atoms with Gasteiger partial charge in [-0.25, -0.2) is 0 Å². The first-order valence-corrected chi connectivity index (χ1v) is 8.93. The topological polar surface area (TPSA) is 29.1 Å². The maximum absolute atomic E-state index is 12.6. The number of hydrogen-bond acceptors (Lipinski definition) is 1. The van der Waals surface area contributed by atoms with Gasteiger partial charge in [0, 0.05) is 16.6 Å². The Morgan fingerprint density at radius 1 is 1.12 bits per heavy atom. The van der Waals surface area contributed by atoms with Crippen molar-refractivity contribution < 1.29 is 4.79 Å². The fourth-order valence-corrected chi connectivity index (χ4v) is 2.94. The van der Waals surface area contributed by atoms with E-state index in [1.165, 1.54) is 11.1 Å². The Labute approximate surface area is 153 Å². The van der Waals surface area contributed by atoms with Crippen molar-refractivity contribution in [3.63, 3.8) is 0 Å². The van der Waals surface area contributed by atoms with Crippen LogP contribution in [-0.2, 0) is 13.0 Å². The summed E-state index contributed by atoms with van der Waals surface area (Å²) < 4.78 is 0.991. The zero-order valence-electron chi connectivity index (χ0n) is 14.6. The van der Waals surface area contributed by atoms with Crippen LogP contribution >= 0.6 is 15.9 Å². The second-order valence-corrected chi connectivity index (χ2v) is 7.28. The molecule has 0 heterocycles. The van der Waals surface area contributed by atoms with Gasteiger partial charge in [0.25, 0.3) is 5.91 Å². The highest BCUT2D eigenvalue weighted by Crippen LogP contribution is 2.20. The monoisotopic (exact) mass is 385 g/mol. The normalized spacial score (nSPS) is 10.5. The summed E-state index contributed by atoms with van der Waals surface area (Å²) in [5.74, 6) is -0.0301. The van der Waals surface area contributed by atoms with Gasteiger partial charge >= 0.3 is 0 Å². The van der Waals surface area contributed by atoms with E-state index in [1.807, 2.05) is 25.1 Å². The number of allylic oxidation sites excluding steroid dienone is 1. The molecule has 24 heavy (non-hydrogen) atoms. The average Bonchev–Trinajstić information content (AvgIpc) is 2.53. The molecule has 2 rings (SSSR count). The summed E-state index contributed by atoms with van der Waals surface area (Å²) in [5, 5.41) is 3.03. The largest absolute Gasteiger partial charge is 0.348 e. The number of nitrogens with one attached hydrogen (secondary N) is 1. The highest BCUT2D eigenvalue weighted by molar-refractivity contribution is 9.10. The summed E-state index contributed by atoms with van der Waals surface area (Å²) in [7, 11) is 0. The quantitative estimate of drug-likeness (QED) is 0.652. The van der Waals surface area contributed by atoms with E-state index in [9.17, 15) is 4.79 Å². The molecule has 1 N–H and O–H groups in total. The van der Waals surface area contributed by atoms with Gasteiger partial charge in [0.15, 0.2) is 0 Å². The van der Waals surface area contributed by atoms with E-state index in [1.54, 1.807) is 0 Å². The number of aryl methyl sites for hydroxylation is 3. The van der Waals surface area contributed by atoms with Gasteiger partial charge in [-0.05, 0) is 74.1 Å². The smallest absolute Gasteiger partial charge is 0.251 e. The zero-order valence-corrected chi connectivity index (χ0v) is 16.2. The van der Waals surface area contributed by atoms with Crippen molar-refractivity contribution in [1.82, 2.24) is 5.32 Å². The standard InChI is InChI=1S/C21H24BrNO/c1-14(2)5-8-18-12-19(22)9-10-20(18)21(24)23-13-17-7-6-15(3)16(4)11-17/h6-7,9-12H,1,5,8,13H2,2-4H3,(H,23,24). The van der Waals surface area contributed by atoms with Crippen LogP contribution in [0.25, 0.3) is 0 Å². The van der Waals surface area contributed by atoms with Gasteiger partial charge < -0.3 is 5.32 Å². The molecule has 0 fully saturated rings. The minimum absolute atomic E-state index is 0.0301. The summed E-state index contributed by atoms with van der Waals surface area (Å²) in [6.07, 6.45) is 1.70. The van der Waals surface area contributed by atoms with Gasteiger partial charge in [0.1, 0.15) is 0 Å². The highest BCUT2D eigenvalue weighted by Gasteiger charge is 2.12. The van der Waals surface area contributed by atoms with E-state index in [2.05, 4.69) is 59.9 Å². The molecule has 0 bridgehead atoms. The van der Waals surface area contributed by atoms with E-state index in [4.69, 9.17) is 0 Å². The van der Waals surface area contributed by atoms with Crippen molar-refractivity contribution in [2.45, 2.75) is 40.2 Å². The summed E-state index contributed by atoms with van der Waals surface area (Å²) >= 11 is 3.49. The van der Waals surface area contributed by atoms with Gasteiger partial charge in [0.05, 0.1) is 0 Å². The van der Waals surface area contributed by atoms with E-state index < -0.39 is 0 Å². The maximum Gasteiger partial charge on any atom is 0.251 e. The van der Waals surface area contributed by atoms with Gasteiger partial charge in [-0.1, -0.05) is 39.7 Å². The van der Waals surface area contributed by atoms with Gasteiger partial charge in [-0.15, -0.1) is 6.58 Å². The predicted molar refractivity (Wildman–Crippen MR) is 104 cm³/mol. The van der Waals surface area contributed by atoms with E-state index in [0.717, 1.165) is 39.6 Å². The fourth-order valence-electron chi connectivity index (χ4n) is 2.53. The molecule has 0 saturated heterocycles. The molecule has 2 aromatic rings. The Hall–Kier alpha value is -1.87. The number of rotatable bonds is 6. The minimum Gasteiger partial charge on any atom is -0.348 e. The second kappa shape index (κ2) is 8.29. The minimum atomic E-state index is -0.0301. The number of benzene rings is 2. The Balaban J connectivity index is 2.10. The molecule has 0 saturated carbocycles. The number of carbonyl (C=O) groups excluding carboxylic acids is 1. The first-order valence-electron chi connectivity index (χ1n) is 8.14. The molecule has 0 aromatic heterocycles. The van der Waals surface area contributed by atoms with Crippen molar-refractivity contribution in [3.8, 4) is 0 Å². The summed E-state index contributed by atoms with van der Waals surface area (Å²) in [6, 6.07) is 12.1. The SMILES string of the molecule is C=C(C)CCc1cc(Br)ccc1C(=O)NCc1ccc(C)c(C)c1. The van der Waals surface area contributed by atoms with Crippen molar-refractivity contribution >= 4 is 21.8 Å². The lowest BCUT2D eigenvalue weighted by atomic mass is 10.00. The average molecular weight is 386 g/mol. The lowest BCUT2D eigenvalue weighted by Gasteiger charge is -2.12. The highest BCUT2D eigenvalue weighted by atomic mass is 79.9. The molecule has 0 aliphatic heterocycles. The molecule has 0 radical (unpaired) electrons. The molecule has 0 aliphatic rings. The van der Waals surface area contributed by atoms with Crippen molar-refractivity contribution in [2.75, 3.05) is 0 Å². The molecule has 1 amide bonds. The van der Waals surface area contributed by atoms with Crippen LogP contribution in [0.15, 0.2) is 53.0 Å². The molecule has 2 aromatic carbocycles. The number of carbonyl (C=O) groups is 1. The number of amides is 1. The third kappa shape index (κ3) is 5.07. The molecule has 0 spiro atoms. The molecule has 0 atom stereocenters. The third-order valence-corrected chi connectivity index (χ3v) is 4.65. The first-order chi connectivity index (χ1) is 11.4. The Morgan fingerprint density at radius 3 is 2.54 bits per heavy atom. The van der Waals surface area contributed by atoms with Crippen LogP contribution < -0.4 is 5.32 Å². The van der Waals surface area contributed by atoms with Crippen LogP contribution in [0.3, 0.4) is 0 Å². The Bertz CT molecular complexity index is 764. The van der Waals surface area contributed by atoms with Crippen molar-refractivity contribution in [1.29, 1.82) is 0 Å². The first kappa shape index (κ1) is 18.5. The lowest BCUT2D eigenvalue weighted by Crippen LogP contribution is -2.24. The molecule has 126 valence electrons. The van der Waals surface area contributed by atoms with Crippen molar-refractivity contribution in [2.24, 2.45) is 0 Å². The van der Waals surface area contributed by atoms with E-state index in [0.29, 0.717) is 6.54 Å². The number of hydrogen-bond donors (Lipinski definition) is 1. The van der Waals surface area contributed by atoms with Crippen LogP contribution in [0, 0.1) is 13.8 Å². The predicted octanol–water partition coefficient (Wildman–Crippen LogP) is 5.50. The number of halogens is 1. The van der Waals surface area contributed by atoms with Gasteiger partial charge in [0.2, 0.25) is 0 Å². The summed E-state index contributed by atoms with van der Waals surface area (Å²) in [6.45, 7) is 10.7. The molecular weight excluding hydrogens is 362 g/mol. The third-order valence-electron chi connectivity index (χ3n) is 4.16. The van der Waals surface area contributed by atoms with Gasteiger partial charge in [-0.2, -0.15) is 0 Å². The van der Waals surface area contributed by atoms with Crippen LogP contribution in [0.2, 0.25) is 0 Å².